The van der Waals surface area contributed by atoms with Gasteiger partial charge in [0.25, 0.3) is 5.56 Å². The first-order valence-corrected chi connectivity index (χ1v) is 4.30. The van der Waals surface area contributed by atoms with Gasteiger partial charge in [-0.15, -0.1) is 0 Å². The third kappa shape index (κ3) is 1.38. The van der Waals surface area contributed by atoms with Crippen molar-refractivity contribution in [3.8, 4) is 11.8 Å². The number of benzene rings is 1. The van der Waals surface area contributed by atoms with Crippen LogP contribution in [-0.2, 0) is 0 Å². The van der Waals surface area contributed by atoms with Gasteiger partial charge in [-0.1, -0.05) is 18.2 Å². The minimum absolute atomic E-state index is 0.0566. The Labute approximate surface area is 85.4 Å². The lowest BCUT2D eigenvalue weighted by Gasteiger charge is -1.99. The van der Waals surface area contributed by atoms with Crippen molar-refractivity contribution in [2.24, 2.45) is 0 Å². The van der Waals surface area contributed by atoms with Crippen LogP contribution in [0.1, 0.15) is 5.56 Å². The third-order valence-corrected chi connectivity index (χ3v) is 2.04. The number of hydrogen-bond acceptors (Lipinski definition) is 3. The summed E-state index contributed by atoms with van der Waals surface area (Å²) in [7, 11) is 0. The molecule has 5 heteroatoms. The van der Waals surface area contributed by atoms with Gasteiger partial charge in [0.15, 0.2) is 5.56 Å². The Hall–Kier alpha value is -2.48. The summed E-state index contributed by atoms with van der Waals surface area (Å²) in [6.45, 7) is 0. The lowest BCUT2D eigenvalue weighted by Crippen LogP contribution is -2.15. The van der Waals surface area contributed by atoms with Crippen LogP contribution in [0, 0.1) is 11.3 Å². The molecule has 0 fully saturated rings. The molecule has 74 valence electrons. The maximum atomic E-state index is 11.7. The minimum Gasteiger partial charge on any atom is -0.383 e. The van der Waals surface area contributed by atoms with Crippen LogP contribution in [0.5, 0.6) is 0 Å². The van der Waals surface area contributed by atoms with Crippen LogP contribution in [0.15, 0.2) is 35.1 Å². The van der Waals surface area contributed by atoms with Crippen LogP contribution in [0.3, 0.4) is 0 Å². The van der Waals surface area contributed by atoms with Gasteiger partial charge < -0.3 is 5.73 Å². The molecule has 3 N–H and O–H groups in total. The highest BCUT2D eigenvalue weighted by Crippen LogP contribution is 2.07. The molecular weight excluding hydrogens is 192 g/mol. The highest BCUT2D eigenvalue weighted by Gasteiger charge is 2.11. The molecule has 15 heavy (non-hydrogen) atoms. The van der Waals surface area contributed by atoms with Crippen LogP contribution in [0.4, 0.5) is 5.82 Å². The monoisotopic (exact) mass is 200 g/mol. The van der Waals surface area contributed by atoms with Gasteiger partial charge in [-0.3, -0.25) is 9.89 Å². The van der Waals surface area contributed by atoms with E-state index in [2.05, 4.69) is 5.10 Å². The molecule has 1 aromatic carbocycles. The number of rotatable bonds is 1. The van der Waals surface area contributed by atoms with E-state index in [1.54, 1.807) is 30.3 Å². The molecule has 0 unspecified atom stereocenters. The first-order valence-electron chi connectivity index (χ1n) is 4.30. The fourth-order valence-electron chi connectivity index (χ4n) is 1.32. The average Bonchev–Trinajstić information content (AvgIpc) is 2.55. The quantitative estimate of drug-likeness (QED) is 0.707. The van der Waals surface area contributed by atoms with Crippen LogP contribution in [-0.4, -0.2) is 9.78 Å². The van der Waals surface area contributed by atoms with E-state index in [9.17, 15) is 4.79 Å². The number of nitrogens with one attached hydrogen (secondary N) is 1. The first kappa shape index (κ1) is 9.09. The predicted octanol–water partition coefficient (Wildman–Crippen LogP) is 0.619. The molecule has 0 amide bonds. The molecular formula is C10H8N4O. The summed E-state index contributed by atoms with van der Waals surface area (Å²) in [4.78, 5) is 11.7. The van der Waals surface area contributed by atoms with Crippen molar-refractivity contribution in [3.63, 3.8) is 0 Å². The smallest absolute Gasteiger partial charge is 0.291 e. The number of nitrogens with zero attached hydrogens (tertiary/aromatic N) is 2. The summed E-state index contributed by atoms with van der Waals surface area (Å²) in [6.07, 6.45) is 0. The molecule has 0 saturated heterocycles. The molecule has 0 radical (unpaired) electrons. The van der Waals surface area contributed by atoms with Gasteiger partial charge >= 0.3 is 0 Å². The maximum Gasteiger partial charge on any atom is 0.291 e. The molecule has 0 aliphatic rings. The number of nitrogen functional groups attached to an aromatic ring is 1. The molecule has 0 aliphatic carbocycles. The summed E-state index contributed by atoms with van der Waals surface area (Å²) in [5.74, 6) is 0.0892. The largest absolute Gasteiger partial charge is 0.383 e. The van der Waals surface area contributed by atoms with Gasteiger partial charge in [0.05, 0.1) is 5.69 Å². The third-order valence-electron chi connectivity index (χ3n) is 2.04. The Bertz CT molecular complexity index is 574. The van der Waals surface area contributed by atoms with E-state index in [4.69, 9.17) is 11.0 Å². The summed E-state index contributed by atoms with van der Waals surface area (Å²) < 4.78 is 1.24. The second-order valence-corrected chi connectivity index (χ2v) is 2.99. The Morgan fingerprint density at radius 2 is 2.00 bits per heavy atom. The van der Waals surface area contributed by atoms with Gasteiger partial charge in [0.2, 0.25) is 0 Å². The summed E-state index contributed by atoms with van der Waals surface area (Å²) in [6, 6.07) is 10.7. The molecule has 1 aromatic heterocycles. The van der Waals surface area contributed by atoms with Crippen molar-refractivity contribution < 1.29 is 0 Å². The lowest BCUT2D eigenvalue weighted by atomic mass is 10.3. The molecule has 1 heterocycles. The zero-order valence-corrected chi connectivity index (χ0v) is 7.77. The van der Waals surface area contributed by atoms with Crippen molar-refractivity contribution in [2.45, 2.75) is 0 Å². The molecule has 2 rings (SSSR count). The van der Waals surface area contributed by atoms with Crippen LogP contribution in [0.2, 0.25) is 0 Å². The standard InChI is InChI=1S/C10H8N4O/c11-6-8-9(12)13-14(10(8)15)7-4-2-1-3-5-7/h1-5,13H,12H2. The fraction of sp³-hybridized carbons (Fsp3) is 0. The number of hydrogen-bond donors (Lipinski definition) is 2. The predicted molar refractivity (Wildman–Crippen MR) is 55.5 cm³/mol. The number of para-hydroxylation sites is 1. The van der Waals surface area contributed by atoms with Gasteiger partial charge in [-0.2, -0.15) is 5.26 Å². The van der Waals surface area contributed by atoms with E-state index in [1.807, 2.05) is 6.07 Å². The minimum atomic E-state index is -0.429. The SMILES string of the molecule is N#Cc1c(N)[nH]n(-c2ccccc2)c1=O. The van der Waals surface area contributed by atoms with E-state index in [1.165, 1.54) is 4.68 Å². The first-order chi connectivity index (χ1) is 7.24. The number of aromatic amines is 1. The number of nitriles is 1. The lowest BCUT2D eigenvalue weighted by molar-refractivity contribution is 0.853. The Morgan fingerprint density at radius 3 is 2.53 bits per heavy atom. The summed E-state index contributed by atoms with van der Waals surface area (Å²) in [5, 5.41) is 11.3. The molecule has 0 saturated carbocycles. The van der Waals surface area contributed by atoms with Crippen molar-refractivity contribution in [1.82, 2.24) is 9.78 Å². The van der Waals surface area contributed by atoms with Crippen molar-refractivity contribution in [2.75, 3.05) is 5.73 Å². The van der Waals surface area contributed by atoms with E-state index in [-0.39, 0.29) is 11.4 Å². The van der Waals surface area contributed by atoms with E-state index >= 15 is 0 Å². The number of aromatic nitrogens is 2. The number of H-pyrrole nitrogens is 1. The van der Waals surface area contributed by atoms with Gasteiger partial charge in [0.1, 0.15) is 11.9 Å². The van der Waals surface area contributed by atoms with Crippen LogP contribution in [0.25, 0.3) is 5.69 Å². The Morgan fingerprint density at radius 1 is 1.33 bits per heavy atom. The Kier molecular flexibility index (Phi) is 2.03. The highest BCUT2D eigenvalue weighted by molar-refractivity contribution is 5.48. The average molecular weight is 200 g/mol. The molecule has 0 atom stereocenters. The fourth-order valence-corrected chi connectivity index (χ4v) is 1.32. The van der Waals surface area contributed by atoms with E-state index in [0.717, 1.165) is 0 Å². The van der Waals surface area contributed by atoms with Crippen LogP contribution >= 0.6 is 0 Å². The van der Waals surface area contributed by atoms with Gasteiger partial charge in [-0.25, -0.2) is 4.68 Å². The maximum absolute atomic E-state index is 11.7. The van der Waals surface area contributed by atoms with Crippen molar-refractivity contribution >= 4 is 5.82 Å². The summed E-state index contributed by atoms with van der Waals surface area (Å²) in [5.41, 5.74) is 5.65. The molecule has 0 spiro atoms. The van der Waals surface area contributed by atoms with Crippen molar-refractivity contribution in [1.29, 1.82) is 5.26 Å². The molecule has 0 aliphatic heterocycles. The van der Waals surface area contributed by atoms with E-state index < -0.39 is 5.56 Å². The van der Waals surface area contributed by atoms with Gasteiger partial charge in [-0.05, 0) is 12.1 Å². The van der Waals surface area contributed by atoms with Gasteiger partial charge in [0, 0.05) is 0 Å². The number of anilines is 1. The zero-order chi connectivity index (χ0) is 10.8. The molecule has 0 bridgehead atoms. The molecule has 5 nitrogen and oxygen atoms in total. The van der Waals surface area contributed by atoms with E-state index in [0.29, 0.717) is 5.69 Å². The summed E-state index contributed by atoms with van der Waals surface area (Å²) >= 11 is 0. The molecule has 2 aromatic rings. The van der Waals surface area contributed by atoms with Crippen molar-refractivity contribution in [3.05, 3.63) is 46.2 Å². The zero-order valence-electron chi connectivity index (χ0n) is 7.77. The second-order valence-electron chi connectivity index (χ2n) is 2.99. The highest BCUT2D eigenvalue weighted by atomic mass is 16.1. The van der Waals surface area contributed by atoms with Crippen LogP contribution < -0.4 is 11.3 Å². The normalized spacial score (nSPS) is 9.80. The Balaban J connectivity index is 2.67. The second kappa shape index (κ2) is 3.35. The topological polar surface area (TPSA) is 87.6 Å². The number of nitrogens with two attached hydrogens (primary N) is 1.